The molecule has 100 valence electrons. The topological polar surface area (TPSA) is 73.4 Å². The average molecular weight is 264 g/mol. The van der Waals surface area contributed by atoms with E-state index in [1.807, 2.05) is 0 Å². The molecule has 0 saturated heterocycles. The van der Waals surface area contributed by atoms with E-state index in [4.69, 9.17) is 5.11 Å². The Balaban J connectivity index is 2.17. The molecule has 6 heteroatoms. The number of carbonyl (C=O) groups excluding carboxylic acids is 1. The number of benzene rings is 1. The van der Waals surface area contributed by atoms with Crippen molar-refractivity contribution in [2.45, 2.75) is 6.42 Å². The van der Waals surface area contributed by atoms with Crippen LogP contribution in [0.25, 0.3) is 10.9 Å². The smallest absolute Gasteiger partial charge is 0.323 e. The van der Waals surface area contributed by atoms with Gasteiger partial charge in [-0.25, -0.2) is 4.39 Å². The van der Waals surface area contributed by atoms with Crippen LogP contribution in [0, 0.1) is 5.82 Å². The summed E-state index contributed by atoms with van der Waals surface area (Å²) in [7, 11) is 1.44. The summed E-state index contributed by atoms with van der Waals surface area (Å²) in [6.07, 6.45) is 1.71. The van der Waals surface area contributed by atoms with Gasteiger partial charge in [0.25, 0.3) is 0 Å². The first-order chi connectivity index (χ1) is 8.97. The van der Waals surface area contributed by atoms with Crippen molar-refractivity contribution in [1.29, 1.82) is 0 Å². The Bertz CT molecular complexity index is 636. The van der Waals surface area contributed by atoms with Crippen LogP contribution in [0.5, 0.6) is 0 Å². The van der Waals surface area contributed by atoms with Gasteiger partial charge in [-0.3, -0.25) is 9.59 Å². The van der Waals surface area contributed by atoms with Gasteiger partial charge in [-0.2, -0.15) is 0 Å². The number of fused-ring (bicyclic) bond motifs is 1. The minimum atomic E-state index is -1.06. The molecule has 0 saturated carbocycles. The van der Waals surface area contributed by atoms with Crippen molar-refractivity contribution in [3.05, 3.63) is 35.8 Å². The van der Waals surface area contributed by atoms with Crippen LogP contribution in [0.15, 0.2) is 24.4 Å². The van der Waals surface area contributed by atoms with Crippen molar-refractivity contribution in [2.24, 2.45) is 0 Å². The average Bonchev–Trinajstić information content (AvgIpc) is 2.70. The quantitative estimate of drug-likeness (QED) is 0.876. The van der Waals surface area contributed by atoms with E-state index in [1.165, 1.54) is 19.2 Å². The third kappa shape index (κ3) is 2.90. The maximum absolute atomic E-state index is 13.0. The lowest BCUT2D eigenvalue weighted by Crippen LogP contribution is -2.32. The summed E-state index contributed by atoms with van der Waals surface area (Å²) in [5.41, 5.74) is 1.33. The summed E-state index contributed by atoms with van der Waals surface area (Å²) in [5.74, 6) is -1.71. The fraction of sp³-hybridized carbons (Fsp3) is 0.231. The fourth-order valence-corrected chi connectivity index (χ4v) is 1.89. The molecule has 19 heavy (non-hydrogen) atoms. The highest BCUT2D eigenvalue weighted by Crippen LogP contribution is 2.20. The second-order valence-electron chi connectivity index (χ2n) is 4.32. The SMILES string of the molecule is CN(CC(=O)O)C(=O)Cc1c[nH]c2cc(F)ccc12. The highest BCUT2D eigenvalue weighted by Gasteiger charge is 2.15. The Morgan fingerprint density at radius 2 is 2.16 bits per heavy atom. The molecule has 0 fully saturated rings. The summed E-state index contributed by atoms with van der Waals surface area (Å²) in [5, 5.41) is 9.38. The van der Waals surface area contributed by atoms with Crippen molar-refractivity contribution in [2.75, 3.05) is 13.6 Å². The Hall–Kier alpha value is -2.37. The van der Waals surface area contributed by atoms with Crippen LogP contribution in [-0.2, 0) is 16.0 Å². The first-order valence-corrected chi connectivity index (χ1v) is 5.68. The van der Waals surface area contributed by atoms with Gasteiger partial charge in [-0.1, -0.05) is 0 Å². The molecule has 0 radical (unpaired) electrons. The number of carboxylic acid groups (broad SMARTS) is 1. The van der Waals surface area contributed by atoms with Crippen LogP contribution in [0.2, 0.25) is 0 Å². The number of carboxylic acids is 1. The molecule has 1 heterocycles. The number of nitrogens with one attached hydrogen (secondary N) is 1. The molecule has 0 spiro atoms. The van der Waals surface area contributed by atoms with Gasteiger partial charge >= 0.3 is 5.97 Å². The molecule has 2 N–H and O–H groups in total. The van der Waals surface area contributed by atoms with E-state index in [1.54, 1.807) is 12.3 Å². The van der Waals surface area contributed by atoms with Gasteiger partial charge in [0.1, 0.15) is 12.4 Å². The minimum Gasteiger partial charge on any atom is -0.480 e. The van der Waals surface area contributed by atoms with Crippen LogP contribution in [0.1, 0.15) is 5.56 Å². The number of likely N-dealkylation sites (N-methyl/N-ethyl adjacent to an activating group) is 1. The lowest BCUT2D eigenvalue weighted by molar-refractivity contribution is -0.143. The van der Waals surface area contributed by atoms with Crippen LogP contribution >= 0.6 is 0 Å². The maximum atomic E-state index is 13.0. The number of aliphatic carboxylic acids is 1. The van der Waals surface area contributed by atoms with Crippen molar-refractivity contribution in [1.82, 2.24) is 9.88 Å². The van der Waals surface area contributed by atoms with Gasteiger partial charge in [0.2, 0.25) is 5.91 Å². The highest BCUT2D eigenvalue weighted by molar-refractivity contribution is 5.89. The van der Waals surface area contributed by atoms with E-state index in [0.717, 1.165) is 15.8 Å². The molecule has 5 nitrogen and oxygen atoms in total. The Morgan fingerprint density at radius 1 is 1.42 bits per heavy atom. The van der Waals surface area contributed by atoms with Gasteiger partial charge < -0.3 is 15.0 Å². The number of hydrogen-bond donors (Lipinski definition) is 2. The zero-order chi connectivity index (χ0) is 14.0. The van der Waals surface area contributed by atoms with Crippen molar-refractivity contribution < 1.29 is 19.1 Å². The molecule has 2 rings (SSSR count). The zero-order valence-electron chi connectivity index (χ0n) is 10.3. The number of aromatic amines is 1. The van der Waals surface area contributed by atoms with E-state index in [-0.39, 0.29) is 24.7 Å². The van der Waals surface area contributed by atoms with E-state index >= 15 is 0 Å². The Labute approximate surface area is 108 Å². The summed E-state index contributed by atoms with van der Waals surface area (Å²) in [6, 6.07) is 4.27. The number of H-pyrrole nitrogens is 1. The molecule has 0 aliphatic carbocycles. The maximum Gasteiger partial charge on any atom is 0.323 e. The number of nitrogens with zero attached hydrogens (tertiary/aromatic N) is 1. The first-order valence-electron chi connectivity index (χ1n) is 5.68. The summed E-state index contributed by atoms with van der Waals surface area (Å²) >= 11 is 0. The fourth-order valence-electron chi connectivity index (χ4n) is 1.89. The molecular formula is C13H13FN2O3. The molecule has 2 aromatic rings. The van der Waals surface area contributed by atoms with Crippen molar-refractivity contribution in [3.8, 4) is 0 Å². The zero-order valence-corrected chi connectivity index (χ0v) is 10.3. The second kappa shape index (κ2) is 5.09. The van der Waals surface area contributed by atoms with E-state index < -0.39 is 5.97 Å². The minimum absolute atomic E-state index is 0.0788. The summed E-state index contributed by atoms with van der Waals surface area (Å²) < 4.78 is 13.0. The van der Waals surface area contributed by atoms with Crippen LogP contribution in [0.4, 0.5) is 4.39 Å². The predicted octanol–water partition coefficient (Wildman–Crippen LogP) is 1.39. The highest BCUT2D eigenvalue weighted by atomic mass is 19.1. The first kappa shape index (κ1) is 13.1. The molecule has 0 aliphatic rings. The lowest BCUT2D eigenvalue weighted by Gasteiger charge is -2.13. The second-order valence-corrected chi connectivity index (χ2v) is 4.32. The predicted molar refractivity (Wildman–Crippen MR) is 67.2 cm³/mol. The van der Waals surface area contributed by atoms with Gasteiger partial charge in [0, 0.05) is 24.1 Å². The summed E-state index contributed by atoms with van der Waals surface area (Å²) in [6.45, 7) is -0.337. The molecule has 1 aromatic carbocycles. The number of rotatable bonds is 4. The van der Waals surface area contributed by atoms with E-state index in [2.05, 4.69) is 4.98 Å². The van der Waals surface area contributed by atoms with Crippen molar-refractivity contribution >= 4 is 22.8 Å². The standard InChI is InChI=1S/C13H13FN2O3/c1-16(7-13(18)19)12(17)4-8-6-15-11-5-9(14)2-3-10(8)11/h2-3,5-6,15H,4,7H2,1H3,(H,18,19). The normalized spacial score (nSPS) is 10.6. The largest absolute Gasteiger partial charge is 0.480 e. The van der Waals surface area contributed by atoms with E-state index in [0.29, 0.717) is 5.52 Å². The van der Waals surface area contributed by atoms with Gasteiger partial charge in [-0.05, 0) is 23.8 Å². The molecule has 0 aliphatic heterocycles. The lowest BCUT2D eigenvalue weighted by atomic mass is 10.1. The molecular weight excluding hydrogens is 251 g/mol. The molecule has 1 amide bonds. The number of carbonyl (C=O) groups is 2. The third-order valence-electron chi connectivity index (χ3n) is 2.87. The van der Waals surface area contributed by atoms with Crippen LogP contribution < -0.4 is 0 Å². The molecule has 0 bridgehead atoms. The molecule has 0 unspecified atom stereocenters. The number of amides is 1. The third-order valence-corrected chi connectivity index (χ3v) is 2.87. The van der Waals surface area contributed by atoms with Crippen LogP contribution in [-0.4, -0.2) is 40.5 Å². The van der Waals surface area contributed by atoms with Crippen LogP contribution in [0.3, 0.4) is 0 Å². The number of hydrogen-bond acceptors (Lipinski definition) is 2. The summed E-state index contributed by atoms with van der Waals surface area (Å²) in [4.78, 5) is 26.4. The molecule has 0 atom stereocenters. The van der Waals surface area contributed by atoms with Gasteiger partial charge in [0.15, 0.2) is 0 Å². The number of halogens is 1. The van der Waals surface area contributed by atoms with Gasteiger partial charge in [-0.15, -0.1) is 0 Å². The monoisotopic (exact) mass is 264 g/mol. The molecule has 1 aromatic heterocycles. The Kier molecular flexibility index (Phi) is 3.50. The number of aromatic nitrogens is 1. The van der Waals surface area contributed by atoms with Crippen molar-refractivity contribution in [3.63, 3.8) is 0 Å². The van der Waals surface area contributed by atoms with E-state index in [9.17, 15) is 14.0 Å². The van der Waals surface area contributed by atoms with Gasteiger partial charge in [0.05, 0.1) is 6.42 Å². The Morgan fingerprint density at radius 3 is 2.84 bits per heavy atom.